The van der Waals surface area contributed by atoms with Crippen LogP contribution in [0.2, 0.25) is 0 Å². The van der Waals surface area contributed by atoms with Crippen LogP contribution in [0.3, 0.4) is 0 Å². The van der Waals surface area contributed by atoms with Crippen molar-refractivity contribution in [2.75, 3.05) is 0 Å². The fraction of sp³-hybridized carbons (Fsp3) is 0.100. The van der Waals surface area contributed by atoms with Gasteiger partial charge in [-0.3, -0.25) is 4.57 Å². The predicted molar refractivity (Wildman–Crippen MR) is 100 cm³/mol. The van der Waals surface area contributed by atoms with Crippen molar-refractivity contribution >= 4 is 13.7 Å². The summed E-state index contributed by atoms with van der Waals surface area (Å²) < 4.78 is 82.9. The van der Waals surface area contributed by atoms with Crippen molar-refractivity contribution in [1.82, 2.24) is 0 Å². The summed E-state index contributed by atoms with van der Waals surface area (Å²) in [4.78, 5) is 18.6. The van der Waals surface area contributed by atoms with Crippen molar-refractivity contribution < 1.29 is 81.2 Å². The first kappa shape index (κ1) is 31.7. The van der Waals surface area contributed by atoms with E-state index in [9.17, 15) is 14.4 Å². The van der Waals surface area contributed by atoms with Crippen molar-refractivity contribution in [3.63, 3.8) is 0 Å². The summed E-state index contributed by atoms with van der Waals surface area (Å²) in [6.45, 7) is 5.26. The lowest BCUT2D eigenvalue weighted by Crippen LogP contribution is -2.68. The maximum Gasteiger partial charge on any atom is 0.392 e. The molecule has 0 saturated carbocycles. The van der Waals surface area contributed by atoms with Crippen LogP contribution in [-0.2, 0) is 4.57 Å². The lowest BCUT2D eigenvalue weighted by Gasteiger charge is -2.17. The molecule has 1 atom stereocenters. The summed E-state index contributed by atoms with van der Waals surface area (Å²) in [6.07, 6.45) is 9.16. The zero-order chi connectivity index (χ0) is 27.7. The summed E-state index contributed by atoms with van der Waals surface area (Å²) in [5, 5.41) is 0. The molecule has 13 nitrogen and oxygen atoms in total. The number of halogens is 2. The van der Waals surface area contributed by atoms with E-state index in [1.165, 1.54) is 11.5 Å². The second-order valence-corrected chi connectivity index (χ2v) is 10.2. The molecule has 2 N–H and O–H groups in total. The number of nitrogens with zero attached hydrogens (tertiary/aromatic N) is 2. The van der Waals surface area contributed by atoms with Gasteiger partial charge in [-0.1, -0.05) is 12.7 Å². The Labute approximate surface area is 210 Å². The number of hydrogen-bond acceptors (Lipinski definition) is 9. The Morgan fingerprint density at radius 2 is 1.14 bits per heavy atom. The Hall–Kier alpha value is -2.33. The molecule has 0 amide bonds. The van der Waals surface area contributed by atoms with Gasteiger partial charge in [-0.25, -0.2) is 37.3 Å². The van der Waals surface area contributed by atoms with E-state index in [1.54, 1.807) is 12.4 Å². The Balaban J connectivity index is 0.000000550. The fourth-order valence-corrected chi connectivity index (χ4v) is 3.13. The molecule has 0 spiro atoms. The first-order chi connectivity index (χ1) is 16.4. The van der Waals surface area contributed by atoms with Gasteiger partial charge in [0.2, 0.25) is 5.69 Å². The maximum absolute atomic E-state index is 11.4. The lowest BCUT2D eigenvalue weighted by atomic mass is 10.1. The Morgan fingerprint density at radius 3 is 1.47 bits per heavy atom. The number of hydrogen-bond donors (Lipinski definition) is 2. The van der Waals surface area contributed by atoms with Crippen LogP contribution >= 0.6 is 7.60 Å². The third-order valence-electron chi connectivity index (χ3n) is 4.36. The van der Waals surface area contributed by atoms with Crippen LogP contribution in [0, 0.1) is 20.5 Å². The molecule has 0 aliphatic carbocycles. The molecular formula is C20H21Cl2N2O11P. The van der Waals surface area contributed by atoms with Crippen LogP contribution in [0.5, 0.6) is 0 Å². The third-order valence-corrected chi connectivity index (χ3v) is 5.60. The highest BCUT2D eigenvalue weighted by atomic mass is 35.7. The normalized spacial score (nSPS) is 12.4. The van der Waals surface area contributed by atoms with Crippen molar-refractivity contribution in [2.24, 2.45) is 0 Å². The molecule has 0 radical (unpaired) electrons. The van der Waals surface area contributed by atoms with E-state index < -0.39 is 33.9 Å². The summed E-state index contributed by atoms with van der Waals surface area (Å²) >= 11 is 0. The van der Waals surface area contributed by atoms with Gasteiger partial charge in [-0.15, -0.1) is 20.5 Å². The molecule has 196 valence electrons. The summed E-state index contributed by atoms with van der Waals surface area (Å²) in [6, 6.07) is 15.8. The van der Waals surface area contributed by atoms with Gasteiger partial charge in [-0.2, -0.15) is 9.13 Å². The van der Waals surface area contributed by atoms with Gasteiger partial charge in [-0.05, 0) is 28.8 Å². The van der Waals surface area contributed by atoms with Crippen LogP contribution in [0.4, 0.5) is 0 Å². The topological polar surface area (TPSA) is 250 Å². The smallest absolute Gasteiger partial charge is 0.320 e. The van der Waals surface area contributed by atoms with Gasteiger partial charge in [0, 0.05) is 43.3 Å². The SMILES string of the molecule is C=Cc1ccc(-[n+]2ccc(-c3cc[n+](C(C)P(=O)(O)O)cc3)cc2)cc1.[O-][Cl+3]([O-])([O-])[O-].[O-][Cl+3]([O-])([O-])[O-]. The number of pyridine rings is 2. The van der Waals surface area contributed by atoms with Gasteiger partial charge < -0.3 is 9.79 Å². The minimum absolute atomic E-state index is 0.881. The Morgan fingerprint density at radius 1 is 0.778 bits per heavy atom. The zero-order valence-electron chi connectivity index (χ0n) is 18.5. The minimum atomic E-state index is -4.94. The molecule has 1 unspecified atom stereocenters. The van der Waals surface area contributed by atoms with Crippen LogP contribution < -0.4 is 46.4 Å². The fourth-order valence-electron chi connectivity index (χ4n) is 2.63. The molecule has 1 aromatic carbocycles. The van der Waals surface area contributed by atoms with Gasteiger partial charge in [0.15, 0.2) is 24.8 Å². The molecule has 36 heavy (non-hydrogen) atoms. The van der Waals surface area contributed by atoms with Crippen LogP contribution in [0.25, 0.3) is 22.9 Å². The molecule has 0 bridgehead atoms. The van der Waals surface area contributed by atoms with E-state index in [4.69, 9.17) is 37.3 Å². The van der Waals surface area contributed by atoms with E-state index in [0.717, 1.165) is 22.4 Å². The van der Waals surface area contributed by atoms with E-state index >= 15 is 0 Å². The standard InChI is InChI=1S/C20H19N2O3P.2ClHO4/c1-3-17-4-6-20(7-5-17)22-14-10-19(11-15-22)18-8-12-21(13-9-18)16(2)26(23,24)25;2*2-1(3,4)5/h3-16H,1H2,2H3;2*(H,2,3,4,5). The van der Waals surface area contributed by atoms with Crippen LogP contribution in [-0.4, -0.2) is 9.79 Å². The zero-order valence-corrected chi connectivity index (χ0v) is 20.9. The Kier molecular flexibility index (Phi) is 11.7. The van der Waals surface area contributed by atoms with Crippen molar-refractivity contribution in [3.8, 4) is 16.8 Å². The lowest BCUT2D eigenvalue weighted by molar-refractivity contribution is -2.00. The minimum Gasteiger partial charge on any atom is -0.320 e. The van der Waals surface area contributed by atoms with Gasteiger partial charge >= 0.3 is 7.60 Å². The highest BCUT2D eigenvalue weighted by Gasteiger charge is 2.32. The quantitative estimate of drug-likeness (QED) is 0.217. The summed E-state index contributed by atoms with van der Waals surface area (Å²) in [5.74, 6) is -0.881. The molecular weight excluding hydrogens is 546 g/mol. The van der Waals surface area contributed by atoms with Gasteiger partial charge in [0.05, 0.1) is 0 Å². The highest BCUT2D eigenvalue weighted by Crippen LogP contribution is 2.45. The maximum atomic E-state index is 11.4. The van der Waals surface area contributed by atoms with Crippen LogP contribution in [0.1, 0.15) is 18.3 Å². The molecule has 0 aliphatic heterocycles. The summed E-state index contributed by atoms with van der Waals surface area (Å²) in [7, 11) is -14.0. The molecule has 16 heteroatoms. The van der Waals surface area contributed by atoms with Gasteiger partial charge in [0.25, 0.3) is 5.78 Å². The van der Waals surface area contributed by atoms with E-state index in [0.29, 0.717) is 0 Å². The van der Waals surface area contributed by atoms with E-state index in [1.807, 2.05) is 71.6 Å². The highest BCUT2D eigenvalue weighted by molar-refractivity contribution is 7.51. The average Bonchev–Trinajstić information content (AvgIpc) is 2.76. The van der Waals surface area contributed by atoms with E-state index in [-0.39, 0.29) is 0 Å². The predicted octanol–water partition coefficient (Wildman–Crippen LogP) is -6.25. The molecule has 0 aliphatic rings. The van der Waals surface area contributed by atoms with Crippen molar-refractivity contribution in [3.05, 3.63) is 85.5 Å². The summed E-state index contributed by atoms with van der Waals surface area (Å²) in [5.41, 5.74) is 4.14. The Bertz CT molecular complexity index is 1120. The van der Waals surface area contributed by atoms with Crippen LogP contribution in [0.15, 0.2) is 79.9 Å². The first-order valence-corrected chi connectivity index (χ1v) is 13.6. The van der Waals surface area contributed by atoms with Crippen molar-refractivity contribution in [2.45, 2.75) is 12.7 Å². The second kappa shape index (κ2) is 13.3. The van der Waals surface area contributed by atoms with Crippen molar-refractivity contribution in [1.29, 1.82) is 0 Å². The van der Waals surface area contributed by atoms with E-state index in [2.05, 4.69) is 6.58 Å². The van der Waals surface area contributed by atoms with Gasteiger partial charge in [0.1, 0.15) is 0 Å². The molecule has 3 aromatic rings. The number of aromatic nitrogens is 2. The molecule has 2 heterocycles. The number of rotatable bonds is 5. The molecule has 3 rings (SSSR count). The second-order valence-electron chi connectivity index (χ2n) is 6.80. The third kappa shape index (κ3) is 13.1. The molecule has 2 aromatic heterocycles. The molecule has 0 fully saturated rings. The molecule has 0 saturated heterocycles. The largest absolute Gasteiger partial charge is 0.392 e. The monoisotopic (exact) mass is 566 g/mol. The average molecular weight is 567 g/mol. The first-order valence-electron chi connectivity index (χ1n) is 9.42. The number of benzene rings is 1.